The van der Waals surface area contributed by atoms with E-state index < -0.39 is 17.7 Å². The highest BCUT2D eigenvalue weighted by molar-refractivity contribution is 5.95. The highest BCUT2D eigenvalue weighted by Crippen LogP contribution is 2.36. The van der Waals surface area contributed by atoms with Crippen molar-refractivity contribution in [2.45, 2.75) is 84.5 Å². The molecule has 7 heteroatoms. The summed E-state index contributed by atoms with van der Waals surface area (Å²) in [7, 11) is 1.33. The molecule has 0 aliphatic heterocycles. The lowest BCUT2D eigenvalue weighted by Gasteiger charge is -2.28. The molecule has 0 spiro atoms. The van der Waals surface area contributed by atoms with Crippen LogP contribution in [0.15, 0.2) is 6.07 Å². The average molecular weight is 406 g/mol. The standard InChI is InChI=1S/C22H35N3O4/c1-13-12-16(19(20(26)28-6)29-22(3,4)5)14(2)17(23)18(13)25-21(27)24-15-10-8-7-9-11-15/h12,15,19H,7-11,23H2,1-6H3,(H2,24,25,27). The Morgan fingerprint density at radius 2 is 1.79 bits per heavy atom. The van der Waals surface area contributed by atoms with E-state index in [1.165, 1.54) is 13.5 Å². The number of amides is 2. The summed E-state index contributed by atoms with van der Waals surface area (Å²) in [4.78, 5) is 24.9. The van der Waals surface area contributed by atoms with Crippen molar-refractivity contribution in [3.05, 3.63) is 22.8 Å². The number of anilines is 2. The van der Waals surface area contributed by atoms with Gasteiger partial charge in [-0.2, -0.15) is 0 Å². The molecule has 1 aromatic rings. The number of nitrogen functional groups attached to an aromatic ring is 1. The quantitative estimate of drug-likeness (QED) is 0.499. The van der Waals surface area contributed by atoms with E-state index in [9.17, 15) is 9.59 Å². The lowest BCUT2D eigenvalue weighted by Crippen LogP contribution is -2.39. The molecule has 1 unspecified atom stereocenters. The summed E-state index contributed by atoms with van der Waals surface area (Å²) in [6, 6.07) is 1.78. The maximum Gasteiger partial charge on any atom is 0.339 e. The van der Waals surface area contributed by atoms with Crippen LogP contribution in [0.3, 0.4) is 0 Å². The van der Waals surface area contributed by atoms with Crippen molar-refractivity contribution in [3.8, 4) is 0 Å². The molecule has 1 fully saturated rings. The van der Waals surface area contributed by atoms with Gasteiger partial charge in [0, 0.05) is 6.04 Å². The van der Waals surface area contributed by atoms with Gasteiger partial charge in [-0.1, -0.05) is 25.3 Å². The molecule has 0 bridgehead atoms. The number of carbonyl (C=O) groups is 2. The first-order chi connectivity index (χ1) is 13.5. The largest absolute Gasteiger partial charge is 0.467 e. The van der Waals surface area contributed by atoms with E-state index >= 15 is 0 Å². The second-order valence-electron chi connectivity index (χ2n) is 8.76. The third-order valence-corrected chi connectivity index (χ3v) is 5.22. The van der Waals surface area contributed by atoms with E-state index in [2.05, 4.69) is 10.6 Å². The van der Waals surface area contributed by atoms with Crippen LogP contribution in [-0.4, -0.2) is 30.8 Å². The third kappa shape index (κ3) is 6.10. The Balaban J connectivity index is 2.27. The number of nitrogens with two attached hydrogens (primary N) is 1. The summed E-state index contributed by atoms with van der Waals surface area (Å²) >= 11 is 0. The highest BCUT2D eigenvalue weighted by atomic mass is 16.6. The number of nitrogens with one attached hydrogen (secondary N) is 2. The summed E-state index contributed by atoms with van der Waals surface area (Å²) in [5.74, 6) is -0.488. The molecule has 0 aromatic heterocycles. The molecular formula is C22H35N3O4. The van der Waals surface area contributed by atoms with Gasteiger partial charge < -0.3 is 25.8 Å². The van der Waals surface area contributed by atoms with Gasteiger partial charge in [0.05, 0.1) is 24.1 Å². The molecule has 2 amide bonds. The third-order valence-electron chi connectivity index (χ3n) is 5.22. The van der Waals surface area contributed by atoms with Gasteiger partial charge >= 0.3 is 12.0 Å². The fourth-order valence-electron chi connectivity index (χ4n) is 3.69. The number of hydrogen-bond acceptors (Lipinski definition) is 5. The molecular weight excluding hydrogens is 370 g/mol. The smallest absolute Gasteiger partial charge is 0.339 e. The Hall–Kier alpha value is -2.28. The van der Waals surface area contributed by atoms with E-state index in [1.54, 1.807) is 0 Å². The normalized spacial score (nSPS) is 16.2. The van der Waals surface area contributed by atoms with Crippen LogP contribution in [0.2, 0.25) is 0 Å². The van der Waals surface area contributed by atoms with Crippen LogP contribution in [0.25, 0.3) is 0 Å². The number of hydrogen-bond donors (Lipinski definition) is 3. The van der Waals surface area contributed by atoms with Gasteiger partial charge in [0.25, 0.3) is 0 Å². The maximum absolute atomic E-state index is 12.5. The molecule has 1 aliphatic carbocycles. The van der Waals surface area contributed by atoms with Gasteiger partial charge in [0.2, 0.25) is 0 Å². The number of aryl methyl sites for hydroxylation is 1. The zero-order valence-corrected chi connectivity index (χ0v) is 18.5. The van der Waals surface area contributed by atoms with E-state index in [0.717, 1.165) is 31.2 Å². The molecule has 1 aromatic carbocycles. The number of carbonyl (C=O) groups excluding carboxylic acids is 2. The number of rotatable bonds is 5. The second-order valence-corrected chi connectivity index (χ2v) is 8.76. The Bertz CT molecular complexity index is 749. The molecule has 7 nitrogen and oxygen atoms in total. The van der Waals surface area contributed by atoms with E-state index in [0.29, 0.717) is 22.5 Å². The van der Waals surface area contributed by atoms with Gasteiger partial charge in [-0.3, -0.25) is 0 Å². The number of ether oxygens (including phenoxy) is 2. The van der Waals surface area contributed by atoms with Crippen LogP contribution in [0.5, 0.6) is 0 Å². The molecule has 0 heterocycles. The van der Waals surface area contributed by atoms with Crippen LogP contribution >= 0.6 is 0 Å². The van der Waals surface area contributed by atoms with Crippen LogP contribution in [0, 0.1) is 13.8 Å². The lowest BCUT2D eigenvalue weighted by molar-refractivity contribution is -0.164. The molecule has 0 radical (unpaired) electrons. The Kier molecular flexibility index (Phi) is 7.52. The molecule has 2 rings (SSSR count). The van der Waals surface area contributed by atoms with E-state index in [4.69, 9.17) is 15.2 Å². The van der Waals surface area contributed by atoms with Crippen molar-refractivity contribution >= 4 is 23.4 Å². The number of benzene rings is 1. The topological polar surface area (TPSA) is 103 Å². The molecule has 1 saturated carbocycles. The van der Waals surface area contributed by atoms with Crippen molar-refractivity contribution in [1.82, 2.24) is 5.32 Å². The van der Waals surface area contributed by atoms with Crippen LogP contribution in [0.1, 0.15) is 75.7 Å². The number of urea groups is 1. The summed E-state index contributed by atoms with van der Waals surface area (Å²) in [6.07, 6.45) is 4.62. The molecule has 1 aliphatic rings. The lowest BCUT2D eigenvalue weighted by atomic mass is 9.95. The first-order valence-corrected chi connectivity index (χ1v) is 10.3. The molecule has 162 valence electrons. The minimum Gasteiger partial charge on any atom is -0.467 e. The predicted molar refractivity (Wildman–Crippen MR) is 115 cm³/mol. The zero-order valence-electron chi connectivity index (χ0n) is 18.5. The van der Waals surface area contributed by atoms with Gasteiger partial charge in [-0.05, 0) is 64.2 Å². The van der Waals surface area contributed by atoms with E-state index in [-0.39, 0.29) is 12.1 Å². The van der Waals surface area contributed by atoms with Gasteiger partial charge in [0.1, 0.15) is 0 Å². The van der Waals surface area contributed by atoms with Crippen molar-refractivity contribution in [1.29, 1.82) is 0 Å². The second kappa shape index (κ2) is 9.48. The average Bonchev–Trinajstić information content (AvgIpc) is 2.65. The summed E-state index contributed by atoms with van der Waals surface area (Å²) in [5.41, 5.74) is 8.86. The molecule has 29 heavy (non-hydrogen) atoms. The first kappa shape index (κ1) is 23.0. The Morgan fingerprint density at radius 3 is 2.34 bits per heavy atom. The van der Waals surface area contributed by atoms with Gasteiger partial charge in [-0.25, -0.2) is 9.59 Å². The van der Waals surface area contributed by atoms with Crippen molar-refractivity contribution in [2.75, 3.05) is 18.2 Å². The monoisotopic (exact) mass is 405 g/mol. The predicted octanol–water partition coefficient (Wildman–Crippen LogP) is 4.37. The minimum absolute atomic E-state index is 0.203. The Morgan fingerprint density at radius 1 is 1.17 bits per heavy atom. The van der Waals surface area contributed by atoms with Crippen LogP contribution < -0.4 is 16.4 Å². The zero-order chi connectivity index (χ0) is 21.8. The van der Waals surface area contributed by atoms with Crippen molar-refractivity contribution < 1.29 is 19.1 Å². The summed E-state index contributed by atoms with van der Waals surface area (Å²) < 4.78 is 10.9. The van der Waals surface area contributed by atoms with Gasteiger partial charge in [-0.15, -0.1) is 0 Å². The molecule has 0 saturated heterocycles. The molecule has 4 N–H and O–H groups in total. The first-order valence-electron chi connectivity index (χ1n) is 10.3. The highest BCUT2D eigenvalue weighted by Gasteiger charge is 2.31. The fourth-order valence-corrected chi connectivity index (χ4v) is 3.69. The SMILES string of the molecule is COC(=O)C(OC(C)(C)C)c1cc(C)c(NC(=O)NC2CCCCC2)c(N)c1C. The van der Waals surface area contributed by atoms with Crippen molar-refractivity contribution in [3.63, 3.8) is 0 Å². The van der Waals surface area contributed by atoms with Crippen LogP contribution in [-0.2, 0) is 14.3 Å². The fraction of sp³-hybridized carbons (Fsp3) is 0.636. The minimum atomic E-state index is -0.897. The number of methoxy groups -OCH3 is 1. The Labute approximate surface area is 173 Å². The summed E-state index contributed by atoms with van der Waals surface area (Å²) in [6.45, 7) is 9.29. The van der Waals surface area contributed by atoms with Gasteiger partial charge in [0.15, 0.2) is 6.10 Å². The van der Waals surface area contributed by atoms with Crippen LogP contribution in [0.4, 0.5) is 16.2 Å². The maximum atomic E-state index is 12.5. The summed E-state index contributed by atoms with van der Waals surface area (Å²) in [5, 5.41) is 5.92. The molecule has 1 atom stereocenters. The number of esters is 1. The van der Waals surface area contributed by atoms with E-state index in [1.807, 2.05) is 40.7 Å². The van der Waals surface area contributed by atoms with Crippen molar-refractivity contribution in [2.24, 2.45) is 0 Å².